The summed E-state index contributed by atoms with van der Waals surface area (Å²) in [5, 5.41) is 2.73. The van der Waals surface area contributed by atoms with E-state index in [0.717, 1.165) is 23.7 Å². The summed E-state index contributed by atoms with van der Waals surface area (Å²) in [7, 11) is 3.83. The number of para-hydroxylation sites is 1. The van der Waals surface area contributed by atoms with Crippen LogP contribution in [0, 0.1) is 0 Å². The molecule has 0 saturated heterocycles. The zero-order chi connectivity index (χ0) is 15.9. The number of hydrogen-bond acceptors (Lipinski definition) is 5. The van der Waals surface area contributed by atoms with Crippen LogP contribution in [-0.4, -0.2) is 49.5 Å². The van der Waals surface area contributed by atoms with E-state index in [4.69, 9.17) is 5.73 Å². The molecular formula is C16H24Cl2N4OS. The van der Waals surface area contributed by atoms with Gasteiger partial charge in [-0.15, -0.1) is 36.2 Å². The zero-order valence-electron chi connectivity index (χ0n) is 13.8. The number of carbonyl (C=O) groups is 1. The van der Waals surface area contributed by atoms with Crippen LogP contribution in [0.5, 0.6) is 0 Å². The Hall–Kier alpha value is -1.34. The number of thiazole rings is 1. The summed E-state index contributed by atoms with van der Waals surface area (Å²) in [4.78, 5) is 20.5. The van der Waals surface area contributed by atoms with Gasteiger partial charge >= 0.3 is 0 Å². The van der Waals surface area contributed by atoms with E-state index in [0.29, 0.717) is 18.8 Å². The van der Waals surface area contributed by atoms with Gasteiger partial charge < -0.3 is 15.5 Å². The van der Waals surface area contributed by atoms with Crippen LogP contribution < -0.4 is 10.6 Å². The highest BCUT2D eigenvalue weighted by Crippen LogP contribution is 2.13. The highest BCUT2D eigenvalue weighted by Gasteiger charge is 2.15. The molecule has 1 aromatic heterocycles. The Labute approximate surface area is 159 Å². The first-order chi connectivity index (χ1) is 10.6. The molecule has 0 radical (unpaired) electrons. The third-order valence-corrected chi connectivity index (χ3v) is 4.35. The Morgan fingerprint density at radius 3 is 2.46 bits per heavy atom. The molecule has 0 saturated carbocycles. The minimum Gasteiger partial charge on any atom is -0.373 e. The van der Waals surface area contributed by atoms with Crippen LogP contribution in [0.15, 0.2) is 35.7 Å². The molecule has 0 aliphatic carbocycles. The summed E-state index contributed by atoms with van der Waals surface area (Å²) in [5.41, 5.74) is 7.16. The smallest absolute Gasteiger partial charge is 0.273 e. The van der Waals surface area contributed by atoms with Gasteiger partial charge in [0.05, 0.1) is 5.01 Å². The second-order valence-corrected chi connectivity index (χ2v) is 6.09. The molecule has 2 N–H and O–H groups in total. The number of nitrogens with two attached hydrogens (primary N) is 1. The molecule has 134 valence electrons. The van der Waals surface area contributed by atoms with E-state index in [2.05, 4.69) is 22.0 Å². The molecule has 0 spiro atoms. The average molecular weight is 391 g/mol. The molecule has 1 heterocycles. The van der Waals surface area contributed by atoms with Crippen molar-refractivity contribution in [1.29, 1.82) is 0 Å². The van der Waals surface area contributed by atoms with E-state index >= 15 is 0 Å². The van der Waals surface area contributed by atoms with Crippen molar-refractivity contribution in [1.82, 2.24) is 9.88 Å². The first-order valence-corrected chi connectivity index (χ1v) is 8.16. The van der Waals surface area contributed by atoms with Crippen LogP contribution in [0.1, 0.15) is 15.5 Å². The fourth-order valence-corrected chi connectivity index (χ4v) is 2.84. The van der Waals surface area contributed by atoms with E-state index in [-0.39, 0.29) is 30.7 Å². The van der Waals surface area contributed by atoms with Crippen molar-refractivity contribution in [2.75, 3.05) is 38.6 Å². The van der Waals surface area contributed by atoms with E-state index in [1.165, 1.54) is 11.3 Å². The third kappa shape index (κ3) is 6.28. The maximum atomic E-state index is 12.3. The largest absolute Gasteiger partial charge is 0.373 e. The van der Waals surface area contributed by atoms with Gasteiger partial charge in [0.2, 0.25) is 0 Å². The van der Waals surface area contributed by atoms with Crippen molar-refractivity contribution in [3.63, 3.8) is 0 Å². The number of anilines is 1. The van der Waals surface area contributed by atoms with E-state index in [9.17, 15) is 4.79 Å². The minimum absolute atomic E-state index is 0. The van der Waals surface area contributed by atoms with Crippen molar-refractivity contribution < 1.29 is 4.79 Å². The van der Waals surface area contributed by atoms with Gasteiger partial charge in [0, 0.05) is 44.7 Å². The Balaban J connectivity index is 0.00000264. The maximum Gasteiger partial charge on any atom is 0.273 e. The fourth-order valence-electron chi connectivity index (χ4n) is 2.06. The topological polar surface area (TPSA) is 62.5 Å². The first kappa shape index (κ1) is 22.7. The standard InChI is InChI=1S/C16H22N4OS.2ClH/c1-19(13-6-4-3-5-7-13)10-11-20(2)16(21)14-12-22-15(18-14)8-9-17;;/h3-7,12H,8-11,17H2,1-2H3;2*1H. The molecule has 0 bridgehead atoms. The van der Waals surface area contributed by atoms with Crippen molar-refractivity contribution in [2.24, 2.45) is 5.73 Å². The van der Waals surface area contributed by atoms with Crippen molar-refractivity contribution >= 4 is 47.7 Å². The molecule has 0 fully saturated rings. The summed E-state index contributed by atoms with van der Waals surface area (Å²) >= 11 is 1.49. The van der Waals surface area contributed by atoms with Crippen LogP contribution in [-0.2, 0) is 6.42 Å². The second kappa shape index (κ2) is 11.3. The Bertz CT molecular complexity index is 609. The lowest BCUT2D eigenvalue weighted by Gasteiger charge is -2.23. The molecule has 0 atom stereocenters. The van der Waals surface area contributed by atoms with Gasteiger partial charge in [-0.2, -0.15) is 0 Å². The lowest BCUT2D eigenvalue weighted by molar-refractivity contribution is 0.0793. The zero-order valence-corrected chi connectivity index (χ0v) is 16.3. The predicted octanol–water partition coefficient (Wildman–Crippen LogP) is 2.70. The molecule has 0 aliphatic rings. The average Bonchev–Trinajstić information content (AvgIpc) is 3.01. The molecule has 8 heteroatoms. The van der Waals surface area contributed by atoms with Crippen molar-refractivity contribution in [2.45, 2.75) is 6.42 Å². The first-order valence-electron chi connectivity index (χ1n) is 7.28. The van der Waals surface area contributed by atoms with Crippen LogP contribution in [0.3, 0.4) is 0 Å². The highest BCUT2D eigenvalue weighted by molar-refractivity contribution is 7.09. The lowest BCUT2D eigenvalue weighted by Crippen LogP contribution is -2.35. The summed E-state index contributed by atoms with van der Waals surface area (Å²) in [6, 6.07) is 10.1. The summed E-state index contributed by atoms with van der Waals surface area (Å²) in [6.45, 7) is 1.97. The molecule has 2 rings (SSSR count). The number of likely N-dealkylation sites (N-methyl/N-ethyl adjacent to an activating group) is 2. The molecule has 1 aromatic carbocycles. The number of nitrogens with zero attached hydrogens (tertiary/aromatic N) is 3. The van der Waals surface area contributed by atoms with Crippen LogP contribution in [0.4, 0.5) is 5.69 Å². The van der Waals surface area contributed by atoms with Gasteiger partial charge in [0.15, 0.2) is 0 Å². The number of carbonyl (C=O) groups excluding carboxylic acids is 1. The summed E-state index contributed by atoms with van der Waals surface area (Å²) < 4.78 is 0. The molecule has 2 aromatic rings. The van der Waals surface area contributed by atoms with Gasteiger partial charge in [-0.1, -0.05) is 18.2 Å². The molecule has 1 amide bonds. The number of halogens is 2. The van der Waals surface area contributed by atoms with Crippen molar-refractivity contribution in [3.8, 4) is 0 Å². The Morgan fingerprint density at radius 1 is 1.17 bits per heavy atom. The van der Waals surface area contributed by atoms with Crippen molar-refractivity contribution in [3.05, 3.63) is 46.4 Å². The van der Waals surface area contributed by atoms with Gasteiger partial charge in [-0.05, 0) is 18.7 Å². The number of hydrogen-bond donors (Lipinski definition) is 1. The van der Waals surface area contributed by atoms with Gasteiger partial charge in [-0.3, -0.25) is 4.79 Å². The highest BCUT2D eigenvalue weighted by atomic mass is 35.5. The predicted molar refractivity (Wildman–Crippen MR) is 106 cm³/mol. The number of rotatable bonds is 7. The molecule has 24 heavy (non-hydrogen) atoms. The second-order valence-electron chi connectivity index (χ2n) is 5.15. The Kier molecular flexibility index (Phi) is 10.6. The quantitative estimate of drug-likeness (QED) is 0.789. The van der Waals surface area contributed by atoms with Gasteiger partial charge in [-0.25, -0.2) is 4.98 Å². The van der Waals surface area contributed by atoms with Gasteiger partial charge in [0.1, 0.15) is 5.69 Å². The number of benzene rings is 1. The molecule has 0 aliphatic heterocycles. The van der Waals surface area contributed by atoms with Gasteiger partial charge in [0.25, 0.3) is 5.91 Å². The Morgan fingerprint density at radius 2 is 1.83 bits per heavy atom. The van der Waals surface area contributed by atoms with E-state index < -0.39 is 0 Å². The molecule has 0 unspecified atom stereocenters. The summed E-state index contributed by atoms with van der Waals surface area (Å²) in [6.07, 6.45) is 0.721. The fraction of sp³-hybridized carbons (Fsp3) is 0.375. The normalized spacial score (nSPS) is 9.62. The van der Waals surface area contributed by atoms with Crippen LogP contribution >= 0.6 is 36.2 Å². The molecular weight excluding hydrogens is 367 g/mol. The van der Waals surface area contributed by atoms with Crippen LogP contribution in [0.2, 0.25) is 0 Å². The molecule has 5 nitrogen and oxygen atoms in total. The number of amides is 1. The SMILES string of the molecule is CN(CCN(C)c1ccccc1)C(=O)c1csc(CCN)n1.Cl.Cl. The van der Waals surface area contributed by atoms with Crippen LogP contribution in [0.25, 0.3) is 0 Å². The monoisotopic (exact) mass is 390 g/mol. The lowest BCUT2D eigenvalue weighted by atomic mass is 10.3. The van der Waals surface area contributed by atoms with E-state index in [1.54, 1.807) is 4.90 Å². The third-order valence-electron chi connectivity index (χ3n) is 3.44. The summed E-state index contributed by atoms with van der Waals surface area (Å²) in [5.74, 6) is -0.0408. The van der Waals surface area contributed by atoms with E-state index in [1.807, 2.05) is 37.7 Å². The maximum absolute atomic E-state index is 12.3. The number of aromatic nitrogens is 1. The minimum atomic E-state index is -0.0408.